The Morgan fingerprint density at radius 1 is 1.07 bits per heavy atom. The molecule has 0 saturated carbocycles. The van der Waals surface area contributed by atoms with Gasteiger partial charge in [-0.2, -0.15) is 0 Å². The van der Waals surface area contributed by atoms with Gasteiger partial charge in [0.05, 0.1) is 25.9 Å². The number of aliphatic hydroxyl groups excluding tert-OH is 1. The summed E-state index contributed by atoms with van der Waals surface area (Å²) in [6, 6.07) is 0. The van der Waals surface area contributed by atoms with E-state index < -0.39 is 53.2 Å². The minimum atomic E-state index is -0.970. The van der Waals surface area contributed by atoms with Gasteiger partial charge < -0.3 is 28.8 Å². The number of carbonyl (C=O) groups is 2. The molecule has 1 aliphatic rings. The normalized spacial score (nSPS) is 19.4. The first-order valence-corrected chi connectivity index (χ1v) is 12.8. The van der Waals surface area contributed by atoms with E-state index in [1.165, 1.54) is 21.6 Å². The third-order valence-electron chi connectivity index (χ3n) is 5.49. The number of hydrogen-bond donors (Lipinski definition) is 1. The molecule has 1 unspecified atom stereocenters. The second kappa shape index (κ2) is 12.2. The molecule has 0 aliphatic carbocycles. The number of ether oxygens (including phenoxy) is 5. The molecule has 0 bridgehead atoms. The van der Waals surface area contributed by atoms with Crippen LogP contribution in [0.1, 0.15) is 65.4 Å². The molecule has 0 amide bonds. The van der Waals surface area contributed by atoms with Crippen molar-refractivity contribution in [3.05, 3.63) is 44.5 Å². The van der Waals surface area contributed by atoms with Crippen LogP contribution < -0.4 is 11.2 Å². The van der Waals surface area contributed by atoms with Gasteiger partial charge in [0.1, 0.15) is 41.9 Å². The van der Waals surface area contributed by atoms with Crippen LogP contribution in [0.25, 0.3) is 0 Å². The van der Waals surface area contributed by atoms with E-state index in [0.717, 1.165) is 4.57 Å². The summed E-state index contributed by atoms with van der Waals surface area (Å²) in [7, 11) is 0. The first kappa shape index (κ1) is 30.8. The second-order valence-corrected chi connectivity index (χ2v) is 11.4. The molecule has 40 heavy (non-hydrogen) atoms. The average Bonchev–Trinajstić information content (AvgIpc) is 3.42. The van der Waals surface area contributed by atoms with Crippen molar-refractivity contribution in [3.63, 3.8) is 0 Å². The minimum absolute atomic E-state index is 0.00577. The highest BCUT2D eigenvalue weighted by molar-refractivity contribution is 5.61. The highest BCUT2D eigenvalue weighted by Crippen LogP contribution is 2.31. The molecule has 2 aromatic rings. The molecule has 15 nitrogen and oxygen atoms in total. The highest BCUT2D eigenvalue weighted by Gasteiger charge is 2.41. The maximum atomic E-state index is 13.4. The van der Waals surface area contributed by atoms with E-state index in [-0.39, 0.29) is 38.3 Å². The van der Waals surface area contributed by atoms with Gasteiger partial charge in [-0.05, 0) is 48.5 Å². The Kier molecular flexibility index (Phi) is 9.40. The van der Waals surface area contributed by atoms with Crippen molar-refractivity contribution in [1.82, 2.24) is 24.1 Å². The van der Waals surface area contributed by atoms with E-state index in [2.05, 4.69) is 10.3 Å². The van der Waals surface area contributed by atoms with Crippen LogP contribution in [0.5, 0.6) is 0 Å². The van der Waals surface area contributed by atoms with Gasteiger partial charge in [0.2, 0.25) is 0 Å². The second-order valence-electron chi connectivity index (χ2n) is 11.4. The molecule has 3 atom stereocenters. The number of aromatic nitrogens is 5. The van der Waals surface area contributed by atoms with Crippen molar-refractivity contribution >= 4 is 12.3 Å². The van der Waals surface area contributed by atoms with Crippen molar-refractivity contribution in [2.45, 2.75) is 97.6 Å². The van der Waals surface area contributed by atoms with Gasteiger partial charge in [-0.3, -0.25) is 13.9 Å². The molecule has 3 rings (SSSR count). The quantitative estimate of drug-likeness (QED) is 0.456. The molecule has 0 aromatic carbocycles. The lowest BCUT2D eigenvalue weighted by molar-refractivity contribution is -0.0824. The van der Waals surface area contributed by atoms with Crippen LogP contribution in [-0.2, 0) is 36.8 Å². The van der Waals surface area contributed by atoms with Crippen molar-refractivity contribution in [1.29, 1.82) is 0 Å². The van der Waals surface area contributed by atoms with Gasteiger partial charge in [-0.15, -0.1) is 5.10 Å². The Hall–Kier alpha value is -3.72. The Morgan fingerprint density at radius 3 is 2.35 bits per heavy atom. The van der Waals surface area contributed by atoms with Crippen LogP contribution in [0, 0.1) is 6.92 Å². The zero-order chi connectivity index (χ0) is 29.8. The van der Waals surface area contributed by atoms with Gasteiger partial charge in [0, 0.05) is 18.2 Å². The van der Waals surface area contributed by atoms with Crippen LogP contribution in [0.15, 0.2) is 22.0 Å². The average molecular weight is 568 g/mol. The zero-order valence-electron chi connectivity index (χ0n) is 23.8. The molecular weight excluding hydrogens is 530 g/mol. The zero-order valence-corrected chi connectivity index (χ0v) is 23.8. The predicted octanol–water partition coefficient (Wildman–Crippen LogP) is 1.51. The molecule has 1 fully saturated rings. The van der Waals surface area contributed by atoms with E-state index >= 15 is 0 Å². The summed E-state index contributed by atoms with van der Waals surface area (Å²) >= 11 is 0. The summed E-state index contributed by atoms with van der Waals surface area (Å²) in [5.41, 5.74) is -2.23. The Labute approximate surface area is 230 Å². The minimum Gasteiger partial charge on any atom is -0.431 e. The number of carbonyl (C=O) groups excluding carboxylic acids is 2. The molecular formula is C25H37N5O10. The number of aliphatic hydroxyl groups is 1. The molecule has 1 saturated heterocycles. The van der Waals surface area contributed by atoms with E-state index in [1.807, 2.05) is 0 Å². The number of rotatable bonds is 8. The summed E-state index contributed by atoms with van der Waals surface area (Å²) in [5.74, 6) is 0. The fourth-order valence-electron chi connectivity index (χ4n) is 3.86. The maximum Gasteiger partial charge on any atom is 0.509 e. The number of nitrogens with zero attached hydrogens (tertiary/aromatic N) is 5. The van der Waals surface area contributed by atoms with E-state index in [9.17, 15) is 19.2 Å². The first-order valence-electron chi connectivity index (χ1n) is 12.8. The molecule has 1 aliphatic heterocycles. The van der Waals surface area contributed by atoms with E-state index in [0.29, 0.717) is 5.69 Å². The summed E-state index contributed by atoms with van der Waals surface area (Å²) < 4.78 is 30.7. The lowest BCUT2D eigenvalue weighted by Crippen LogP contribution is -2.42. The Balaban J connectivity index is 1.86. The Morgan fingerprint density at radius 2 is 1.73 bits per heavy atom. The van der Waals surface area contributed by atoms with Crippen LogP contribution in [0.3, 0.4) is 0 Å². The molecule has 15 heteroatoms. The number of aryl methyl sites for hydroxylation is 1. The molecule has 222 valence electrons. The molecule has 3 heterocycles. The van der Waals surface area contributed by atoms with Crippen LogP contribution in [-0.4, -0.2) is 78.2 Å². The maximum absolute atomic E-state index is 13.4. The van der Waals surface area contributed by atoms with Gasteiger partial charge in [-0.1, -0.05) is 5.21 Å². The predicted molar refractivity (Wildman–Crippen MR) is 138 cm³/mol. The molecule has 2 aromatic heterocycles. The lowest BCUT2D eigenvalue weighted by atomic mass is 10.2. The van der Waals surface area contributed by atoms with Crippen molar-refractivity contribution in [2.75, 3.05) is 13.2 Å². The summed E-state index contributed by atoms with van der Waals surface area (Å²) in [5, 5.41) is 16.9. The highest BCUT2D eigenvalue weighted by atomic mass is 16.8. The summed E-state index contributed by atoms with van der Waals surface area (Å²) in [4.78, 5) is 50.8. The van der Waals surface area contributed by atoms with Gasteiger partial charge >= 0.3 is 18.0 Å². The fraction of sp³-hybridized carbons (Fsp3) is 0.680. The van der Waals surface area contributed by atoms with Crippen LogP contribution in [0.2, 0.25) is 0 Å². The van der Waals surface area contributed by atoms with Gasteiger partial charge in [-0.25, -0.2) is 19.1 Å². The third-order valence-corrected chi connectivity index (χ3v) is 5.49. The largest absolute Gasteiger partial charge is 0.509 e. The van der Waals surface area contributed by atoms with E-state index in [4.69, 9.17) is 28.8 Å². The topological polar surface area (TPSA) is 175 Å². The standard InChI is InChI=1S/C25H37N5O10/c1-15-11-29(21(33)30(20(15)32)13-16-12-28(8-9-31)27-26-16)19-10-17(38-23(35)40-25(5,6)7)18(37-19)14-36-22(34)39-24(2,3)4/h11-12,17-19,31H,8-10,13-14H2,1-7H3/t17-,18+,19?/m0/s1. The van der Waals surface area contributed by atoms with Crippen LogP contribution >= 0.6 is 0 Å². The monoisotopic (exact) mass is 567 g/mol. The van der Waals surface area contributed by atoms with Crippen molar-refractivity contribution < 1.29 is 38.4 Å². The van der Waals surface area contributed by atoms with Gasteiger partial charge in [0.15, 0.2) is 0 Å². The summed E-state index contributed by atoms with van der Waals surface area (Å²) in [6.45, 7) is 11.2. The Bertz CT molecular complexity index is 1320. The lowest BCUT2D eigenvalue weighted by Gasteiger charge is -2.23. The smallest absolute Gasteiger partial charge is 0.431 e. The van der Waals surface area contributed by atoms with Crippen molar-refractivity contribution in [2.24, 2.45) is 0 Å². The molecule has 0 radical (unpaired) electrons. The van der Waals surface area contributed by atoms with Crippen molar-refractivity contribution in [3.8, 4) is 0 Å². The SMILES string of the molecule is Cc1cn(C2C[C@H](OC(=O)OC(C)(C)C)[C@@H](COC(=O)OC(C)(C)C)O2)c(=O)n(Cc2cn(CCO)nn2)c1=O. The number of hydrogen-bond acceptors (Lipinski definition) is 12. The third kappa shape index (κ3) is 8.39. The first-order chi connectivity index (χ1) is 18.6. The molecule has 1 N–H and O–H groups in total. The van der Waals surface area contributed by atoms with Crippen LogP contribution in [0.4, 0.5) is 9.59 Å². The summed E-state index contributed by atoms with van der Waals surface area (Å²) in [6.07, 6.45) is -1.89. The molecule has 0 spiro atoms. The fourth-order valence-corrected chi connectivity index (χ4v) is 3.86. The van der Waals surface area contributed by atoms with Gasteiger partial charge in [0.25, 0.3) is 5.56 Å². The van der Waals surface area contributed by atoms with E-state index in [1.54, 1.807) is 48.5 Å².